The van der Waals surface area contributed by atoms with E-state index in [-0.39, 0.29) is 0 Å². The lowest BCUT2D eigenvalue weighted by atomic mass is 10.1. The molecule has 1 saturated heterocycles. The van der Waals surface area contributed by atoms with Gasteiger partial charge in [-0.15, -0.1) is 10.2 Å². The first-order valence-electron chi connectivity index (χ1n) is 8.08. The minimum Gasteiger partial charge on any atom is -0.350 e. The molecule has 3 aromatic rings. The Hall–Kier alpha value is -1.89. The molecule has 0 bridgehead atoms. The molecule has 1 aromatic carbocycles. The highest BCUT2D eigenvalue weighted by Gasteiger charge is 2.32. The predicted molar refractivity (Wildman–Crippen MR) is 99.4 cm³/mol. The Morgan fingerprint density at radius 3 is 2.80 bits per heavy atom. The number of aryl methyl sites for hydroxylation is 1. The van der Waals surface area contributed by atoms with Gasteiger partial charge in [-0.3, -0.25) is 9.30 Å². The Balaban J connectivity index is 1.44. The van der Waals surface area contributed by atoms with E-state index in [0.717, 1.165) is 42.5 Å². The summed E-state index contributed by atoms with van der Waals surface area (Å²) in [4.78, 5) is 9.03. The third-order valence-corrected chi connectivity index (χ3v) is 5.29. The molecule has 0 saturated carbocycles. The summed E-state index contributed by atoms with van der Waals surface area (Å²) in [6, 6.07) is 6.09. The topological polar surface area (TPSA) is 49.6 Å². The normalized spacial score (nSPS) is 15.2. The van der Waals surface area contributed by atoms with Gasteiger partial charge >= 0.3 is 0 Å². The van der Waals surface area contributed by atoms with E-state index < -0.39 is 0 Å². The summed E-state index contributed by atoms with van der Waals surface area (Å²) in [5, 5.41) is 9.75. The van der Waals surface area contributed by atoms with Gasteiger partial charge in [0, 0.05) is 48.1 Å². The molecule has 0 radical (unpaired) electrons. The van der Waals surface area contributed by atoms with Crippen molar-refractivity contribution in [1.29, 1.82) is 0 Å². The molecule has 0 amide bonds. The van der Waals surface area contributed by atoms with Gasteiger partial charge in [0.2, 0.25) is 5.65 Å². The minimum absolute atomic E-state index is 0.442. The number of rotatable bonds is 4. The number of anilines is 1. The lowest BCUT2D eigenvalue weighted by Crippen LogP contribution is -2.58. The van der Waals surface area contributed by atoms with Crippen molar-refractivity contribution in [3.05, 3.63) is 52.0 Å². The number of nitrogens with zero attached hydrogens (tertiary/aromatic N) is 6. The van der Waals surface area contributed by atoms with Crippen LogP contribution in [0.4, 0.5) is 5.82 Å². The molecule has 0 atom stereocenters. The fourth-order valence-corrected chi connectivity index (χ4v) is 3.57. The SMILES string of the molecule is Cc1nnc2c(N3CC(N(C)Cc4ccc(Cl)cc4Cl)C3)nccn12. The quantitative estimate of drug-likeness (QED) is 0.700. The van der Waals surface area contributed by atoms with Crippen molar-refractivity contribution in [2.45, 2.75) is 19.5 Å². The van der Waals surface area contributed by atoms with Gasteiger partial charge in [0.15, 0.2) is 5.82 Å². The van der Waals surface area contributed by atoms with Crippen molar-refractivity contribution in [1.82, 2.24) is 24.5 Å². The van der Waals surface area contributed by atoms with Crippen LogP contribution in [-0.4, -0.2) is 50.7 Å². The van der Waals surface area contributed by atoms with Crippen LogP contribution < -0.4 is 4.90 Å². The maximum atomic E-state index is 6.28. The van der Waals surface area contributed by atoms with Crippen molar-refractivity contribution >= 4 is 34.7 Å². The Kier molecular flexibility index (Phi) is 4.27. The van der Waals surface area contributed by atoms with Crippen LogP contribution in [0.1, 0.15) is 11.4 Å². The van der Waals surface area contributed by atoms with Crippen molar-refractivity contribution in [3.63, 3.8) is 0 Å². The van der Waals surface area contributed by atoms with E-state index in [1.165, 1.54) is 0 Å². The molecule has 6 nitrogen and oxygen atoms in total. The molecule has 2 aromatic heterocycles. The third-order valence-electron chi connectivity index (χ3n) is 4.70. The Morgan fingerprint density at radius 2 is 2.04 bits per heavy atom. The molecule has 0 unspecified atom stereocenters. The van der Waals surface area contributed by atoms with E-state index in [1.807, 2.05) is 29.7 Å². The van der Waals surface area contributed by atoms with Gasteiger partial charge in [-0.1, -0.05) is 29.3 Å². The monoisotopic (exact) mass is 376 g/mol. The second-order valence-electron chi connectivity index (χ2n) is 6.40. The second-order valence-corrected chi connectivity index (χ2v) is 7.24. The molecule has 0 spiro atoms. The lowest BCUT2D eigenvalue weighted by molar-refractivity contribution is 0.197. The molecule has 0 aliphatic carbocycles. The average molecular weight is 377 g/mol. The summed E-state index contributed by atoms with van der Waals surface area (Å²) in [7, 11) is 2.11. The van der Waals surface area contributed by atoms with Crippen LogP contribution in [0.2, 0.25) is 10.0 Å². The highest BCUT2D eigenvalue weighted by Crippen LogP contribution is 2.27. The molecular formula is C17H18Cl2N6. The number of halogens is 2. The molecule has 25 heavy (non-hydrogen) atoms. The molecule has 1 fully saturated rings. The van der Waals surface area contributed by atoms with E-state index in [4.69, 9.17) is 23.2 Å². The van der Waals surface area contributed by atoms with Gasteiger partial charge in [0.25, 0.3) is 0 Å². The van der Waals surface area contributed by atoms with Crippen molar-refractivity contribution in [2.24, 2.45) is 0 Å². The van der Waals surface area contributed by atoms with Crippen LogP contribution in [0.15, 0.2) is 30.6 Å². The first kappa shape index (κ1) is 16.6. The number of hydrogen-bond acceptors (Lipinski definition) is 5. The highest BCUT2D eigenvalue weighted by atomic mass is 35.5. The molecule has 4 rings (SSSR count). The standard InChI is InChI=1S/C17H18Cl2N6/c1-11-21-22-17-16(20-5-6-25(11)17)24-9-14(10-24)23(2)8-12-3-4-13(18)7-15(12)19/h3-7,14H,8-10H2,1-2H3. The van der Waals surface area contributed by atoms with E-state index in [1.54, 1.807) is 12.3 Å². The van der Waals surface area contributed by atoms with Crippen molar-refractivity contribution in [3.8, 4) is 0 Å². The molecule has 1 aliphatic rings. The number of likely N-dealkylation sites (N-methyl/N-ethyl adjacent to an activating group) is 1. The number of fused-ring (bicyclic) bond motifs is 1. The van der Waals surface area contributed by atoms with Crippen molar-refractivity contribution in [2.75, 3.05) is 25.0 Å². The molecule has 0 N–H and O–H groups in total. The zero-order valence-electron chi connectivity index (χ0n) is 14.0. The summed E-state index contributed by atoms with van der Waals surface area (Å²) in [6.45, 7) is 4.53. The molecule has 3 heterocycles. The van der Waals surface area contributed by atoms with Gasteiger partial charge in [0.1, 0.15) is 5.82 Å². The number of benzene rings is 1. The Morgan fingerprint density at radius 1 is 1.24 bits per heavy atom. The van der Waals surface area contributed by atoms with Crippen molar-refractivity contribution < 1.29 is 0 Å². The van der Waals surface area contributed by atoms with Crippen LogP contribution in [0.5, 0.6) is 0 Å². The number of hydrogen-bond donors (Lipinski definition) is 0. The fourth-order valence-electron chi connectivity index (χ4n) is 3.11. The highest BCUT2D eigenvalue weighted by molar-refractivity contribution is 6.35. The summed E-state index contributed by atoms with van der Waals surface area (Å²) >= 11 is 12.2. The largest absolute Gasteiger partial charge is 0.350 e. The summed E-state index contributed by atoms with van der Waals surface area (Å²) in [5.41, 5.74) is 1.89. The van der Waals surface area contributed by atoms with Crippen LogP contribution in [0, 0.1) is 6.92 Å². The third kappa shape index (κ3) is 3.05. The van der Waals surface area contributed by atoms with Gasteiger partial charge < -0.3 is 4.90 Å². The Bertz CT molecular complexity index is 919. The smallest absolute Gasteiger partial charge is 0.203 e. The van der Waals surface area contributed by atoms with Gasteiger partial charge in [-0.05, 0) is 31.7 Å². The number of aromatic nitrogens is 4. The lowest BCUT2D eigenvalue weighted by Gasteiger charge is -2.44. The maximum Gasteiger partial charge on any atom is 0.203 e. The summed E-state index contributed by atoms with van der Waals surface area (Å²) < 4.78 is 1.97. The van der Waals surface area contributed by atoms with Crippen LogP contribution in [-0.2, 0) is 6.54 Å². The van der Waals surface area contributed by atoms with Crippen LogP contribution in [0.3, 0.4) is 0 Å². The Labute approximate surface area is 156 Å². The molecule has 1 aliphatic heterocycles. The second kappa shape index (κ2) is 6.44. The van der Waals surface area contributed by atoms with Gasteiger partial charge in [-0.2, -0.15) is 0 Å². The summed E-state index contributed by atoms with van der Waals surface area (Å²) in [5.74, 6) is 1.75. The van der Waals surface area contributed by atoms with Gasteiger partial charge in [0.05, 0.1) is 0 Å². The predicted octanol–water partition coefficient (Wildman–Crippen LogP) is 3.06. The van der Waals surface area contributed by atoms with Gasteiger partial charge in [-0.25, -0.2) is 4.98 Å². The average Bonchev–Trinajstić information content (AvgIpc) is 2.91. The first-order chi connectivity index (χ1) is 12.0. The fraction of sp³-hybridized carbons (Fsp3) is 0.353. The van der Waals surface area contributed by atoms with E-state index in [0.29, 0.717) is 16.1 Å². The maximum absolute atomic E-state index is 6.28. The molecule has 8 heteroatoms. The minimum atomic E-state index is 0.442. The van der Waals surface area contributed by atoms with Crippen LogP contribution >= 0.6 is 23.2 Å². The van der Waals surface area contributed by atoms with E-state index in [2.05, 4.69) is 32.0 Å². The zero-order chi connectivity index (χ0) is 17.6. The summed E-state index contributed by atoms with van der Waals surface area (Å²) in [6.07, 6.45) is 3.68. The van der Waals surface area contributed by atoms with E-state index in [9.17, 15) is 0 Å². The molecular weight excluding hydrogens is 359 g/mol. The first-order valence-corrected chi connectivity index (χ1v) is 8.84. The zero-order valence-corrected chi connectivity index (χ0v) is 15.5. The van der Waals surface area contributed by atoms with E-state index >= 15 is 0 Å². The molecule has 130 valence electrons. The van der Waals surface area contributed by atoms with Crippen LogP contribution in [0.25, 0.3) is 5.65 Å².